The molecule has 0 bridgehead atoms. The summed E-state index contributed by atoms with van der Waals surface area (Å²) in [4.78, 5) is 20.5. The Morgan fingerprint density at radius 3 is 2.96 bits per heavy atom. The van der Waals surface area contributed by atoms with Crippen molar-refractivity contribution in [2.75, 3.05) is 13.7 Å². The van der Waals surface area contributed by atoms with Crippen LogP contribution in [0.3, 0.4) is 0 Å². The minimum absolute atomic E-state index is 0.104. The lowest BCUT2D eigenvalue weighted by molar-refractivity contribution is -0.138. The molecule has 1 saturated carbocycles. The largest absolute Gasteiger partial charge is 0.385 e. The van der Waals surface area contributed by atoms with Crippen LogP contribution in [-0.4, -0.2) is 29.6 Å². The summed E-state index contributed by atoms with van der Waals surface area (Å²) in [5, 5.41) is 3.77. The van der Waals surface area contributed by atoms with Crippen molar-refractivity contribution in [3.05, 3.63) is 29.0 Å². The number of ether oxygens (including phenoxy) is 1. The van der Waals surface area contributed by atoms with E-state index in [9.17, 15) is 4.79 Å². The van der Waals surface area contributed by atoms with E-state index in [-0.39, 0.29) is 17.4 Å². The zero-order valence-electron chi connectivity index (χ0n) is 13.5. The van der Waals surface area contributed by atoms with E-state index < -0.39 is 0 Å². The molecule has 1 aliphatic carbocycles. The first kappa shape index (κ1) is 16.3. The Kier molecular flexibility index (Phi) is 4.60. The van der Waals surface area contributed by atoms with Crippen LogP contribution in [0.1, 0.15) is 44.5 Å². The third kappa shape index (κ3) is 3.21. The summed E-state index contributed by atoms with van der Waals surface area (Å²) in [5.41, 5.74) is 1.47. The molecule has 0 spiro atoms. The van der Waals surface area contributed by atoms with Gasteiger partial charge in [-0.25, -0.2) is 4.98 Å². The highest BCUT2D eigenvalue weighted by Crippen LogP contribution is 2.44. The van der Waals surface area contributed by atoms with Gasteiger partial charge in [0.15, 0.2) is 0 Å². The minimum Gasteiger partial charge on any atom is -0.385 e. The van der Waals surface area contributed by atoms with Crippen LogP contribution in [0, 0.1) is 5.41 Å². The molecule has 0 saturated heterocycles. The van der Waals surface area contributed by atoms with Crippen molar-refractivity contribution in [2.45, 2.75) is 38.6 Å². The van der Waals surface area contributed by atoms with Crippen molar-refractivity contribution in [1.29, 1.82) is 0 Å². The van der Waals surface area contributed by atoms with Crippen molar-refractivity contribution in [3.63, 3.8) is 0 Å². The van der Waals surface area contributed by atoms with Gasteiger partial charge in [0.2, 0.25) is 5.91 Å². The summed E-state index contributed by atoms with van der Waals surface area (Å²) in [6, 6.07) is 5.35. The molecule has 2 N–H and O–H groups in total. The van der Waals surface area contributed by atoms with Crippen LogP contribution < -0.4 is 5.32 Å². The molecule has 1 amide bonds. The summed E-state index contributed by atoms with van der Waals surface area (Å²) in [5.74, 6) is 0.851. The number of carbonyl (C=O) groups excluding carboxylic acids is 1. The quantitative estimate of drug-likeness (QED) is 0.847. The number of hydrogen-bond acceptors (Lipinski definition) is 3. The smallest absolute Gasteiger partial charge is 0.226 e. The van der Waals surface area contributed by atoms with Crippen molar-refractivity contribution in [3.8, 4) is 0 Å². The molecule has 1 aliphatic rings. The Hall–Kier alpha value is -1.59. The lowest BCUT2D eigenvalue weighted by Crippen LogP contribution is -2.47. The van der Waals surface area contributed by atoms with Crippen LogP contribution in [0.2, 0.25) is 5.02 Å². The first-order valence-corrected chi connectivity index (χ1v) is 8.37. The maximum Gasteiger partial charge on any atom is 0.226 e. The Morgan fingerprint density at radius 1 is 1.52 bits per heavy atom. The highest BCUT2D eigenvalue weighted by molar-refractivity contribution is 6.31. The summed E-state index contributed by atoms with van der Waals surface area (Å²) in [6.07, 6.45) is 3.75. The molecule has 3 rings (SSSR count). The molecule has 5 nitrogen and oxygen atoms in total. The van der Waals surface area contributed by atoms with Gasteiger partial charge >= 0.3 is 0 Å². The first-order chi connectivity index (χ1) is 11.0. The number of aromatic nitrogens is 2. The Labute approximate surface area is 140 Å². The highest BCUT2D eigenvalue weighted by Gasteiger charge is 2.44. The number of halogens is 1. The van der Waals surface area contributed by atoms with Crippen LogP contribution in [-0.2, 0) is 9.53 Å². The molecule has 0 radical (unpaired) electrons. The zero-order valence-corrected chi connectivity index (χ0v) is 14.2. The second-order valence-corrected chi connectivity index (χ2v) is 6.79. The van der Waals surface area contributed by atoms with Gasteiger partial charge in [-0.2, -0.15) is 0 Å². The average Bonchev–Trinajstić information content (AvgIpc) is 2.89. The zero-order chi connectivity index (χ0) is 16.4. The molecule has 0 unspecified atom stereocenters. The number of fused-ring (bicyclic) bond motifs is 1. The third-order valence-electron chi connectivity index (χ3n) is 4.80. The molecule has 1 fully saturated rings. The number of imidazole rings is 1. The van der Waals surface area contributed by atoms with E-state index in [0.717, 1.165) is 42.5 Å². The summed E-state index contributed by atoms with van der Waals surface area (Å²) in [6.45, 7) is 2.56. The number of hydrogen-bond donors (Lipinski definition) is 2. The number of aromatic amines is 1. The molecular weight excluding hydrogens is 314 g/mol. The highest BCUT2D eigenvalue weighted by atomic mass is 35.5. The number of benzene rings is 1. The van der Waals surface area contributed by atoms with Crippen molar-refractivity contribution in [2.24, 2.45) is 5.41 Å². The van der Waals surface area contributed by atoms with Crippen LogP contribution in [0.5, 0.6) is 0 Å². The van der Waals surface area contributed by atoms with Gasteiger partial charge in [0.1, 0.15) is 5.82 Å². The van der Waals surface area contributed by atoms with E-state index in [1.165, 1.54) is 0 Å². The lowest BCUT2D eigenvalue weighted by atomic mass is 9.66. The van der Waals surface area contributed by atoms with Crippen LogP contribution >= 0.6 is 11.6 Å². The molecule has 23 heavy (non-hydrogen) atoms. The normalized spacial score (nSPS) is 17.7. The van der Waals surface area contributed by atoms with Gasteiger partial charge in [-0.15, -0.1) is 0 Å². The van der Waals surface area contributed by atoms with Gasteiger partial charge in [-0.1, -0.05) is 18.0 Å². The summed E-state index contributed by atoms with van der Waals surface area (Å²) >= 11 is 6.00. The second kappa shape index (κ2) is 6.49. The van der Waals surface area contributed by atoms with Crippen molar-refractivity contribution < 1.29 is 9.53 Å². The molecule has 1 heterocycles. The Morgan fingerprint density at radius 2 is 2.30 bits per heavy atom. The standard InChI is InChI=1S/C17H22ClN3O2/c1-11(15-20-13-5-4-12(18)10-14(13)21-15)19-16(22)17(6-3-7-17)8-9-23-2/h4-5,10-11H,3,6-9H2,1-2H3,(H,19,22)(H,20,21)/t11-/m1/s1. The van der Waals surface area contributed by atoms with Gasteiger partial charge in [0.25, 0.3) is 0 Å². The number of rotatable bonds is 6. The molecule has 1 atom stereocenters. The number of methoxy groups -OCH3 is 1. The summed E-state index contributed by atoms with van der Waals surface area (Å²) < 4.78 is 5.15. The molecule has 0 aliphatic heterocycles. The number of carbonyl (C=O) groups is 1. The molecule has 6 heteroatoms. The SMILES string of the molecule is COCCC1(C(=O)N[C@H](C)c2nc3ccc(Cl)cc3[nH]2)CCC1. The fourth-order valence-electron chi connectivity index (χ4n) is 3.12. The molecule has 1 aromatic heterocycles. The monoisotopic (exact) mass is 335 g/mol. The van der Waals surface area contributed by atoms with Gasteiger partial charge in [-0.05, 0) is 44.4 Å². The predicted molar refractivity (Wildman–Crippen MR) is 90.4 cm³/mol. The van der Waals surface area contributed by atoms with Gasteiger partial charge in [0, 0.05) is 18.7 Å². The molecular formula is C17H22ClN3O2. The van der Waals surface area contributed by atoms with E-state index in [1.807, 2.05) is 25.1 Å². The molecule has 1 aromatic carbocycles. The van der Waals surface area contributed by atoms with Gasteiger partial charge < -0.3 is 15.0 Å². The second-order valence-electron chi connectivity index (χ2n) is 6.36. The number of amides is 1. The van der Waals surface area contributed by atoms with E-state index >= 15 is 0 Å². The third-order valence-corrected chi connectivity index (χ3v) is 5.03. The predicted octanol–water partition coefficient (Wildman–Crippen LogP) is 3.60. The summed E-state index contributed by atoms with van der Waals surface area (Å²) in [7, 11) is 1.67. The Bertz CT molecular complexity index is 709. The van der Waals surface area contributed by atoms with Gasteiger partial charge in [0.05, 0.1) is 22.5 Å². The van der Waals surface area contributed by atoms with Crippen LogP contribution in [0.4, 0.5) is 0 Å². The van der Waals surface area contributed by atoms with Gasteiger partial charge in [-0.3, -0.25) is 4.79 Å². The van der Waals surface area contributed by atoms with E-state index in [0.29, 0.717) is 11.6 Å². The lowest BCUT2D eigenvalue weighted by Gasteiger charge is -2.40. The fraction of sp³-hybridized carbons (Fsp3) is 0.529. The average molecular weight is 336 g/mol. The number of nitrogens with one attached hydrogen (secondary N) is 2. The van der Waals surface area contributed by atoms with E-state index in [4.69, 9.17) is 16.3 Å². The van der Waals surface area contributed by atoms with Crippen LogP contribution in [0.25, 0.3) is 11.0 Å². The first-order valence-electron chi connectivity index (χ1n) is 7.99. The fourth-order valence-corrected chi connectivity index (χ4v) is 3.29. The Balaban J connectivity index is 1.72. The number of H-pyrrole nitrogens is 1. The van der Waals surface area contributed by atoms with Crippen molar-refractivity contribution in [1.82, 2.24) is 15.3 Å². The van der Waals surface area contributed by atoms with Crippen molar-refractivity contribution >= 4 is 28.5 Å². The maximum atomic E-state index is 12.7. The number of nitrogens with zero attached hydrogens (tertiary/aromatic N) is 1. The van der Waals surface area contributed by atoms with Crippen LogP contribution in [0.15, 0.2) is 18.2 Å². The molecule has 124 valence electrons. The minimum atomic E-state index is -0.264. The molecule has 2 aromatic rings. The maximum absolute atomic E-state index is 12.7. The topological polar surface area (TPSA) is 67.0 Å². The van der Waals surface area contributed by atoms with E-state index in [2.05, 4.69) is 15.3 Å². The van der Waals surface area contributed by atoms with E-state index in [1.54, 1.807) is 7.11 Å².